The van der Waals surface area contributed by atoms with Gasteiger partial charge in [-0.1, -0.05) is 6.92 Å². The van der Waals surface area contributed by atoms with Crippen LogP contribution in [0.25, 0.3) is 0 Å². The minimum atomic E-state index is -3.54. The van der Waals surface area contributed by atoms with Crippen LogP contribution in [0.1, 0.15) is 26.2 Å². The lowest BCUT2D eigenvalue weighted by molar-refractivity contribution is -0.119. The standard InChI is InChI=1S/C7H14N2O3S/c1-2-7(10)8-13(11,12)9-5-3-4-6-9/h2-6H2,1H3,(H,8,10). The average molecular weight is 206 g/mol. The lowest BCUT2D eigenvalue weighted by Gasteiger charge is -2.15. The summed E-state index contributed by atoms with van der Waals surface area (Å²) in [5, 5.41) is 0. The van der Waals surface area contributed by atoms with Crippen LogP contribution in [0.2, 0.25) is 0 Å². The van der Waals surface area contributed by atoms with Crippen LogP contribution < -0.4 is 4.72 Å². The highest BCUT2D eigenvalue weighted by molar-refractivity contribution is 7.87. The van der Waals surface area contributed by atoms with E-state index in [-0.39, 0.29) is 6.42 Å². The summed E-state index contributed by atoms with van der Waals surface area (Å²) < 4.78 is 26.1. The molecular formula is C7H14N2O3S. The van der Waals surface area contributed by atoms with Gasteiger partial charge in [0.2, 0.25) is 5.91 Å². The molecule has 0 spiro atoms. The maximum atomic E-state index is 11.4. The molecule has 5 nitrogen and oxygen atoms in total. The van der Waals surface area contributed by atoms with E-state index < -0.39 is 16.1 Å². The molecule has 1 amide bonds. The summed E-state index contributed by atoms with van der Waals surface area (Å²) >= 11 is 0. The quantitative estimate of drug-likeness (QED) is 0.698. The van der Waals surface area contributed by atoms with E-state index >= 15 is 0 Å². The number of amides is 1. The van der Waals surface area contributed by atoms with E-state index in [4.69, 9.17) is 0 Å². The van der Waals surface area contributed by atoms with Gasteiger partial charge < -0.3 is 0 Å². The number of nitrogens with one attached hydrogen (secondary N) is 1. The first-order valence-corrected chi connectivity index (χ1v) is 5.81. The van der Waals surface area contributed by atoms with Crippen molar-refractivity contribution in [2.45, 2.75) is 26.2 Å². The van der Waals surface area contributed by atoms with Gasteiger partial charge in [0.15, 0.2) is 0 Å². The first kappa shape index (κ1) is 10.5. The number of hydrogen-bond donors (Lipinski definition) is 1. The lowest BCUT2D eigenvalue weighted by Crippen LogP contribution is -2.41. The largest absolute Gasteiger partial charge is 0.303 e. The molecule has 0 aromatic rings. The highest BCUT2D eigenvalue weighted by atomic mass is 32.2. The second-order valence-corrected chi connectivity index (χ2v) is 4.66. The van der Waals surface area contributed by atoms with Gasteiger partial charge in [0.1, 0.15) is 0 Å². The van der Waals surface area contributed by atoms with E-state index in [0.717, 1.165) is 12.8 Å². The molecule has 0 aromatic carbocycles. The third-order valence-corrected chi connectivity index (χ3v) is 3.50. The van der Waals surface area contributed by atoms with Gasteiger partial charge in [-0.2, -0.15) is 12.7 Å². The van der Waals surface area contributed by atoms with Gasteiger partial charge >= 0.3 is 10.2 Å². The Morgan fingerprint density at radius 1 is 1.38 bits per heavy atom. The summed E-state index contributed by atoms with van der Waals surface area (Å²) in [6.45, 7) is 2.66. The Labute approximate surface area is 78.3 Å². The van der Waals surface area contributed by atoms with Crippen LogP contribution in [0.15, 0.2) is 0 Å². The normalized spacial score (nSPS) is 18.8. The van der Waals surface area contributed by atoms with Crippen molar-refractivity contribution in [3.05, 3.63) is 0 Å². The Bertz CT molecular complexity index is 280. The third-order valence-electron chi connectivity index (χ3n) is 1.97. The van der Waals surface area contributed by atoms with Crippen molar-refractivity contribution in [3.63, 3.8) is 0 Å². The fourth-order valence-corrected chi connectivity index (χ4v) is 2.51. The fourth-order valence-electron chi connectivity index (χ4n) is 1.21. The first-order valence-electron chi connectivity index (χ1n) is 4.37. The molecule has 0 unspecified atom stereocenters. The van der Waals surface area contributed by atoms with Crippen LogP contribution in [-0.4, -0.2) is 31.7 Å². The second-order valence-electron chi connectivity index (χ2n) is 2.99. The van der Waals surface area contributed by atoms with Crippen LogP contribution in [0, 0.1) is 0 Å². The smallest absolute Gasteiger partial charge is 0.274 e. The predicted octanol–water partition coefficient (Wildman–Crippen LogP) is -0.147. The molecule has 1 heterocycles. The summed E-state index contributed by atoms with van der Waals surface area (Å²) in [6.07, 6.45) is 1.94. The van der Waals surface area contributed by atoms with Crippen molar-refractivity contribution in [2.75, 3.05) is 13.1 Å². The zero-order valence-electron chi connectivity index (χ0n) is 7.62. The van der Waals surface area contributed by atoms with Gasteiger partial charge in [-0.25, -0.2) is 4.72 Å². The number of hydrogen-bond acceptors (Lipinski definition) is 3. The van der Waals surface area contributed by atoms with Crippen LogP contribution in [0.5, 0.6) is 0 Å². The molecule has 6 heteroatoms. The third kappa shape index (κ3) is 2.67. The fraction of sp³-hybridized carbons (Fsp3) is 0.857. The topological polar surface area (TPSA) is 66.5 Å². The Kier molecular flexibility index (Phi) is 3.27. The summed E-state index contributed by atoms with van der Waals surface area (Å²) in [6, 6.07) is 0. The predicted molar refractivity (Wildman–Crippen MR) is 48.2 cm³/mol. The summed E-state index contributed by atoms with van der Waals surface area (Å²) in [7, 11) is -3.54. The second kappa shape index (κ2) is 4.06. The maximum Gasteiger partial charge on any atom is 0.303 e. The Morgan fingerprint density at radius 2 is 1.92 bits per heavy atom. The minimum Gasteiger partial charge on any atom is -0.274 e. The molecule has 1 aliphatic rings. The van der Waals surface area contributed by atoms with E-state index in [1.165, 1.54) is 4.31 Å². The van der Waals surface area contributed by atoms with E-state index in [0.29, 0.717) is 13.1 Å². The van der Waals surface area contributed by atoms with Gasteiger partial charge in [-0.05, 0) is 12.8 Å². The Hall–Kier alpha value is -0.620. The summed E-state index contributed by atoms with van der Waals surface area (Å²) in [5.74, 6) is -0.452. The van der Waals surface area contributed by atoms with Crippen molar-refractivity contribution in [1.82, 2.24) is 9.03 Å². The summed E-state index contributed by atoms with van der Waals surface area (Å²) in [4.78, 5) is 10.9. The van der Waals surface area contributed by atoms with Crippen molar-refractivity contribution >= 4 is 16.1 Å². The van der Waals surface area contributed by atoms with Crippen LogP contribution >= 0.6 is 0 Å². The first-order chi connectivity index (χ1) is 6.06. The molecule has 1 rings (SSSR count). The highest BCUT2D eigenvalue weighted by Crippen LogP contribution is 2.10. The monoisotopic (exact) mass is 206 g/mol. The molecule has 0 radical (unpaired) electrons. The van der Waals surface area contributed by atoms with Gasteiger partial charge in [-0.3, -0.25) is 4.79 Å². The number of rotatable bonds is 3. The van der Waals surface area contributed by atoms with E-state index in [9.17, 15) is 13.2 Å². The van der Waals surface area contributed by atoms with Crippen molar-refractivity contribution in [3.8, 4) is 0 Å². The van der Waals surface area contributed by atoms with E-state index in [1.54, 1.807) is 6.92 Å². The average Bonchev–Trinajstić information content (AvgIpc) is 2.55. The molecule has 0 aromatic heterocycles. The lowest BCUT2D eigenvalue weighted by atomic mass is 10.4. The zero-order chi connectivity index (χ0) is 9.90. The highest BCUT2D eigenvalue weighted by Gasteiger charge is 2.26. The van der Waals surface area contributed by atoms with Crippen LogP contribution in [0.4, 0.5) is 0 Å². The Morgan fingerprint density at radius 3 is 2.38 bits per heavy atom. The molecule has 0 saturated carbocycles. The Balaban J connectivity index is 2.60. The molecule has 1 N–H and O–H groups in total. The maximum absolute atomic E-state index is 11.4. The van der Waals surface area contributed by atoms with Crippen molar-refractivity contribution in [2.24, 2.45) is 0 Å². The molecule has 0 atom stereocenters. The molecule has 13 heavy (non-hydrogen) atoms. The minimum absolute atomic E-state index is 0.188. The van der Waals surface area contributed by atoms with Gasteiger partial charge in [0.05, 0.1) is 0 Å². The van der Waals surface area contributed by atoms with Crippen molar-refractivity contribution in [1.29, 1.82) is 0 Å². The van der Waals surface area contributed by atoms with Gasteiger partial charge in [0, 0.05) is 19.5 Å². The molecule has 76 valence electrons. The number of nitrogens with zero attached hydrogens (tertiary/aromatic N) is 1. The molecule has 0 aliphatic carbocycles. The van der Waals surface area contributed by atoms with Crippen molar-refractivity contribution < 1.29 is 13.2 Å². The van der Waals surface area contributed by atoms with Gasteiger partial charge in [-0.15, -0.1) is 0 Å². The van der Waals surface area contributed by atoms with Crippen LogP contribution in [-0.2, 0) is 15.0 Å². The van der Waals surface area contributed by atoms with Gasteiger partial charge in [0.25, 0.3) is 0 Å². The summed E-state index contributed by atoms with van der Waals surface area (Å²) in [5.41, 5.74) is 0. The molecule has 1 fully saturated rings. The van der Waals surface area contributed by atoms with Crippen LogP contribution in [0.3, 0.4) is 0 Å². The number of carbonyl (C=O) groups is 1. The van der Waals surface area contributed by atoms with E-state index in [2.05, 4.69) is 0 Å². The number of carbonyl (C=O) groups excluding carboxylic acids is 1. The zero-order valence-corrected chi connectivity index (χ0v) is 8.43. The SMILES string of the molecule is CCC(=O)NS(=O)(=O)N1CCCC1. The molecule has 1 aliphatic heterocycles. The van der Waals surface area contributed by atoms with E-state index in [1.807, 2.05) is 4.72 Å². The molecule has 1 saturated heterocycles. The molecule has 0 bridgehead atoms. The molecular weight excluding hydrogens is 192 g/mol.